The first-order chi connectivity index (χ1) is 12.8. The molecule has 27 heavy (non-hydrogen) atoms. The van der Waals surface area contributed by atoms with Crippen LogP contribution in [-0.4, -0.2) is 48.5 Å². The molecule has 2 rings (SSSR count). The van der Waals surface area contributed by atoms with Crippen molar-refractivity contribution in [3.63, 3.8) is 0 Å². The zero-order chi connectivity index (χ0) is 20.0. The Kier molecular flexibility index (Phi) is 6.51. The number of benzene rings is 2. The molecular weight excluding hydrogens is 372 g/mol. The zero-order valence-electron chi connectivity index (χ0n) is 15.6. The van der Waals surface area contributed by atoms with Gasteiger partial charge >= 0.3 is 0 Å². The van der Waals surface area contributed by atoms with Gasteiger partial charge < -0.3 is 19.5 Å². The summed E-state index contributed by atoms with van der Waals surface area (Å²) < 4.78 is 41.0. The van der Waals surface area contributed by atoms with Crippen molar-refractivity contribution in [3.05, 3.63) is 42.5 Å². The van der Waals surface area contributed by atoms with Crippen molar-refractivity contribution in [2.24, 2.45) is 0 Å². The number of nitrogens with one attached hydrogen (secondary N) is 1. The second-order valence-electron chi connectivity index (χ2n) is 5.58. The Morgan fingerprint density at radius 1 is 0.963 bits per heavy atom. The van der Waals surface area contributed by atoms with E-state index in [2.05, 4.69) is 5.32 Å². The molecule has 1 N–H and O–H groups in total. The van der Waals surface area contributed by atoms with Crippen LogP contribution in [0.5, 0.6) is 17.2 Å². The van der Waals surface area contributed by atoms with Gasteiger partial charge in [0.05, 0.1) is 33.3 Å². The van der Waals surface area contributed by atoms with Crippen molar-refractivity contribution in [3.8, 4) is 17.2 Å². The number of anilines is 2. The van der Waals surface area contributed by atoms with Gasteiger partial charge in [-0.15, -0.1) is 0 Å². The number of rotatable bonds is 8. The predicted molar refractivity (Wildman–Crippen MR) is 103 cm³/mol. The fourth-order valence-electron chi connectivity index (χ4n) is 2.38. The molecule has 0 saturated carbocycles. The highest BCUT2D eigenvalue weighted by atomic mass is 32.2. The van der Waals surface area contributed by atoms with Crippen molar-refractivity contribution in [1.82, 2.24) is 0 Å². The highest BCUT2D eigenvalue weighted by Crippen LogP contribution is 2.33. The molecule has 0 radical (unpaired) electrons. The average Bonchev–Trinajstić information content (AvgIpc) is 2.65. The van der Waals surface area contributed by atoms with E-state index in [9.17, 15) is 13.2 Å². The molecule has 146 valence electrons. The molecule has 8 nitrogen and oxygen atoms in total. The van der Waals surface area contributed by atoms with E-state index in [1.807, 2.05) is 0 Å². The Balaban J connectivity index is 2.25. The molecule has 0 bridgehead atoms. The summed E-state index contributed by atoms with van der Waals surface area (Å²) in [6.45, 7) is -0.409. The lowest BCUT2D eigenvalue weighted by Crippen LogP contribution is -2.37. The molecule has 2 aromatic carbocycles. The quantitative estimate of drug-likeness (QED) is 0.737. The van der Waals surface area contributed by atoms with Crippen LogP contribution in [0.4, 0.5) is 11.4 Å². The van der Waals surface area contributed by atoms with E-state index in [-0.39, 0.29) is 11.4 Å². The molecule has 0 fully saturated rings. The Morgan fingerprint density at radius 2 is 1.56 bits per heavy atom. The standard InChI is InChI=1S/C18H22N2O6S/c1-24-14-7-5-13(6-8-14)19-18(21)12-20(27(4,22)23)16-10-9-15(25-2)11-17(16)26-3/h5-11H,12H2,1-4H3,(H,19,21). The van der Waals surface area contributed by atoms with Gasteiger partial charge in [-0.3, -0.25) is 9.10 Å². The van der Waals surface area contributed by atoms with Crippen molar-refractivity contribution in [1.29, 1.82) is 0 Å². The fraction of sp³-hybridized carbons (Fsp3) is 0.278. The second-order valence-corrected chi connectivity index (χ2v) is 7.49. The van der Waals surface area contributed by atoms with Crippen molar-refractivity contribution in [2.75, 3.05) is 43.8 Å². The summed E-state index contributed by atoms with van der Waals surface area (Å²) in [5, 5.41) is 2.66. The summed E-state index contributed by atoms with van der Waals surface area (Å²) in [7, 11) is 0.709. The number of hydrogen-bond acceptors (Lipinski definition) is 6. The number of nitrogens with zero attached hydrogens (tertiary/aromatic N) is 1. The third kappa shape index (κ3) is 5.27. The molecule has 9 heteroatoms. The lowest BCUT2D eigenvalue weighted by atomic mass is 10.2. The SMILES string of the molecule is COc1ccc(NC(=O)CN(c2ccc(OC)cc2OC)S(C)(=O)=O)cc1. The number of ether oxygens (including phenoxy) is 3. The molecule has 0 spiro atoms. The Hall–Kier alpha value is -2.94. The number of sulfonamides is 1. The zero-order valence-corrected chi connectivity index (χ0v) is 16.4. The Morgan fingerprint density at radius 3 is 2.07 bits per heavy atom. The normalized spacial score (nSPS) is 10.8. The molecule has 2 aromatic rings. The molecule has 0 saturated heterocycles. The van der Waals surface area contributed by atoms with Crippen LogP contribution < -0.4 is 23.8 Å². The summed E-state index contributed by atoms with van der Waals surface area (Å²) in [5.74, 6) is 0.931. The van der Waals surface area contributed by atoms with E-state index in [1.54, 1.807) is 43.5 Å². The van der Waals surface area contributed by atoms with Crippen LogP contribution in [0.1, 0.15) is 0 Å². The van der Waals surface area contributed by atoms with E-state index >= 15 is 0 Å². The van der Waals surface area contributed by atoms with Crippen LogP contribution in [-0.2, 0) is 14.8 Å². The second kappa shape index (κ2) is 8.63. The smallest absolute Gasteiger partial charge is 0.245 e. The maximum absolute atomic E-state index is 12.4. The Bertz CT molecular complexity index is 897. The first-order valence-corrected chi connectivity index (χ1v) is 9.77. The van der Waals surface area contributed by atoms with Crippen LogP contribution in [0.25, 0.3) is 0 Å². The van der Waals surface area contributed by atoms with Gasteiger partial charge in [-0.25, -0.2) is 8.42 Å². The van der Waals surface area contributed by atoms with Gasteiger partial charge in [0.1, 0.15) is 23.8 Å². The number of amides is 1. The highest BCUT2D eigenvalue weighted by Gasteiger charge is 2.24. The summed E-state index contributed by atoms with van der Waals surface area (Å²) in [6, 6.07) is 11.4. The minimum absolute atomic E-state index is 0.241. The van der Waals surface area contributed by atoms with Gasteiger partial charge in [0, 0.05) is 11.8 Å². The van der Waals surface area contributed by atoms with Crippen LogP contribution in [0.3, 0.4) is 0 Å². The van der Waals surface area contributed by atoms with Crippen LogP contribution in [0, 0.1) is 0 Å². The minimum atomic E-state index is -3.74. The molecule has 0 atom stereocenters. The topological polar surface area (TPSA) is 94.2 Å². The summed E-state index contributed by atoms with van der Waals surface area (Å²) in [5.41, 5.74) is 0.765. The van der Waals surface area contributed by atoms with Gasteiger partial charge in [0.25, 0.3) is 0 Å². The van der Waals surface area contributed by atoms with Gasteiger partial charge in [-0.1, -0.05) is 0 Å². The Labute approximate surface area is 158 Å². The van der Waals surface area contributed by atoms with Gasteiger partial charge in [-0.05, 0) is 36.4 Å². The van der Waals surface area contributed by atoms with E-state index in [0.717, 1.165) is 10.6 Å². The lowest BCUT2D eigenvalue weighted by Gasteiger charge is -2.24. The number of hydrogen-bond donors (Lipinski definition) is 1. The van der Waals surface area contributed by atoms with E-state index in [0.29, 0.717) is 17.2 Å². The van der Waals surface area contributed by atoms with Crippen molar-refractivity contribution < 1.29 is 27.4 Å². The molecule has 1 amide bonds. The molecular formula is C18H22N2O6S. The maximum Gasteiger partial charge on any atom is 0.245 e. The summed E-state index contributed by atoms with van der Waals surface area (Å²) >= 11 is 0. The lowest BCUT2D eigenvalue weighted by molar-refractivity contribution is -0.114. The fourth-order valence-corrected chi connectivity index (χ4v) is 3.24. The highest BCUT2D eigenvalue weighted by molar-refractivity contribution is 7.92. The number of carbonyl (C=O) groups is 1. The van der Waals surface area contributed by atoms with E-state index in [4.69, 9.17) is 14.2 Å². The maximum atomic E-state index is 12.4. The number of methoxy groups -OCH3 is 3. The molecule has 0 heterocycles. The molecule has 0 aliphatic carbocycles. The van der Waals surface area contributed by atoms with Gasteiger partial charge in [-0.2, -0.15) is 0 Å². The first kappa shape index (κ1) is 20.4. The monoisotopic (exact) mass is 394 g/mol. The predicted octanol–water partition coefficient (Wildman–Crippen LogP) is 2.12. The summed E-state index contributed by atoms with van der Waals surface area (Å²) in [4.78, 5) is 12.4. The molecule has 0 aliphatic rings. The van der Waals surface area contributed by atoms with Crippen LogP contribution in [0.2, 0.25) is 0 Å². The number of carbonyl (C=O) groups excluding carboxylic acids is 1. The van der Waals surface area contributed by atoms with E-state index in [1.165, 1.54) is 20.3 Å². The third-order valence-corrected chi connectivity index (χ3v) is 4.84. The average molecular weight is 394 g/mol. The van der Waals surface area contributed by atoms with Crippen LogP contribution >= 0.6 is 0 Å². The first-order valence-electron chi connectivity index (χ1n) is 7.92. The molecule has 0 aliphatic heterocycles. The van der Waals surface area contributed by atoms with Crippen LogP contribution in [0.15, 0.2) is 42.5 Å². The molecule has 0 aromatic heterocycles. The van der Waals surface area contributed by atoms with Gasteiger partial charge in [0.15, 0.2) is 0 Å². The third-order valence-electron chi connectivity index (χ3n) is 3.72. The molecule has 0 unspecified atom stereocenters. The van der Waals surface area contributed by atoms with Crippen molar-refractivity contribution >= 4 is 27.3 Å². The van der Waals surface area contributed by atoms with Gasteiger partial charge in [0.2, 0.25) is 15.9 Å². The minimum Gasteiger partial charge on any atom is -0.497 e. The largest absolute Gasteiger partial charge is 0.497 e. The van der Waals surface area contributed by atoms with Crippen molar-refractivity contribution in [2.45, 2.75) is 0 Å². The summed E-state index contributed by atoms with van der Waals surface area (Å²) in [6.07, 6.45) is 1.03. The van der Waals surface area contributed by atoms with E-state index < -0.39 is 22.5 Å².